The van der Waals surface area contributed by atoms with Crippen molar-refractivity contribution in [1.29, 1.82) is 0 Å². The van der Waals surface area contributed by atoms with Crippen molar-refractivity contribution >= 4 is 67.2 Å². The zero-order valence-corrected chi connectivity index (χ0v) is 16.3. The van der Waals surface area contributed by atoms with Gasteiger partial charge in [-0.15, -0.1) is 22.7 Å². The number of imide groups is 1. The fourth-order valence-corrected chi connectivity index (χ4v) is 5.92. The van der Waals surface area contributed by atoms with Gasteiger partial charge in [-0.3, -0.25) is 14.9 Å². The van der Waals surface area contributed by atoms with Gasteiger partial charge in [0.15, 0.2) is 0 Å². The summed E-state index contributed by atoms with van der Waals surface area (Å²) in [5.41, 5.74) is 6.27. The summed E-state index contributed by atoms with van der Waals surface area (Å²) in [7, 11) is 0. The number of primary amides is 1. The molecule has 3 aromatic rings. The van der Waals surface area contributed by atoms with Crippen molar-refractivity contribution in [3.63, 3.8) is 0 Å². The van der Waals surface area contributed by atoms with Crippen LogP contribution in [0.25, 0.3) is 10.1 Å². The molecule has 4 N–H and O–H groups in total. The number of nitrogens with one attached hydrogen (secondary N) is 2. The highest BCUT2D eigenvalue weighted by atomic mass is 35.5. The Bertz CT molecular complexity index is 1100. The summed E-state index contributed by atoms with van der Waals surface area (Å²) in [4.78, 5) is 37.8. The maximum atomic E-state index is 12.8. The summed E-state index contributed by atoms with van der Waals surface area (Å²) >= 11 is 9.03. The molecule has 2 aromatic heterocycles. The minimum atomic E-state index is -0.928. The van der Waals surface area contributed by atoms with Gasteiger partial charge in [0.25, 0.3) is 11.8 Å². The van der Waals surface area contributed by atoms with E-state index in [9.17, 15) is 14.4 Å². The molecule has 9 heteroatoms. The van der Waals surface area contributed by atoms with Crippen LogP contribution in [-0.2, 0) is 12.8 Å². The van der Waals surface area contributed by atoms with Gasteiger partial charge in [0, 0.05) is 15.0 Å². The van der Waals surface area contributed by atoms with Gasteiger partial charge in [-0.2, -0.15) is 0 Å². The molecule has 0 aliphatic heterocycles. The molecule has 2 heterocycles. The molecule has 138 valence electrons. The molecule has 0 saturated carbocycles. The number of carbonyl (C=O) groups is 3. The molecule has 0 atom stereocenters. The SMILES string of the molecule is NC(=O)NC(=O)c1c(NC(=O)c2sc3ccccc3c2Cl)sc2c1CCC2. The van der Waals surface area contributed by atoms with Crippen LogP contribution in [0.1, 0.15) is 36.9 Å². The lowest BCUT2D eigenvalue weighted by molar-refractivity contribution is 0.0966. The molecule has 4 amide bonds. The number of hydrogen-bond acceptors (Lipinski definition) is 5. The fourth-order valence-electron chi connectivity index (χ4n) is 3.23. The van der Waals surface area contributed by atoms with E-state index in [0.29, 0.717) is 20.5 Å². The number of benzene rings is 1. The van der Waals surface area contributed by atoms with E-state index in [0.717, 1.165) is 39.8 Å². The molecule has 0 saturated heterocycles. The zero-order valence-electron chi connectivity index (χ0n) is 13.9. The summed E-state index contributed by atoms with van der Waals surface area (Å²) in [5, 5.41) is 6.52. The molecule has 0 unspecified atom stereocenters. The highest BCUT2D eigenvalue weighted by Gasteiger charge is 2.29. The first-order valence-corrected chi connectivity index (χ1v) is 10.2. The van der Waals surface area contributed by atoms with Gasteiger partial charge in [0.05, 0.1) is 10.6 Å². The Morgan fingerprint density at radius 3 is 2.59 bits per heavy atom. The molecular formula is C18H14ClN3O3S2. The van der Waals surface area contributed by atoms with Crippen LogP contribution in [0.5, 0.6) is 0 Å². The van der Waals surface area contributed by atoms with Crippen LogP contribution in [0.4, 0.5) is 9.80 Å². The third-order valence-electron chi connectivity index (χ3n) is 4.35. The molecule has 1 aliphatic rings. The van der Waals surface area contributed by atoms with Crippen molar-refractivity contribution in [1.82, 2.24) is 5.32 Å². The van der Waals surface area contributed by atoms with Crippen LogP contribution in [0.3, 0.4) is 0 Å². The maximum absolute atomic E-state index is 12.8. The summed E-state index contributed by atoms with van der Waals surface area (Å²) in [6.45, 7) is 0. The summed E-state index contributed by atoms with van der Waals surface area (Å²) in [6.07, 6.45) is 2.51. The van der Waals surface area contributed by atoms with E-state index >= 15 is 0 Å². The number of thiophene rings is 2. The second-order valence-corrected chi connectivity index (χ2v) is 8.61. The lowest BCUT2D eigenvalue weighted by Crippen LogP contribution is -2.35. The molecule has 27 heavy (non-hydrogen) atoms. The van der Waals surface area contributed by atoms with Gasteiger partial charge in [-0.25, -0.2) is 4.79 Å². The minimum Gasteiger partial charge on any atom is -0.351 e. The Morgan fingerprint density at radius 1 is 1.07 bits per heavy atom. The second-order valence-electron chi connectivity index (χ2n) is 6.08. The molecule has 0 bridgehead atoms. The predicted molar refractivity (Wildman–Crippen MR) is 108 cm³/mol. The maximum Gasteiger partial charge on any atom is 0.319 e. The van der Waals surface area contributed by atoms with Crippen LogP contribution in [0.2, 0.25) is 5.02 Å². The normalized spacial score (nSPS) is 12.8. The number of halogens is 1. The van der Waals surface area contributed by atoms with Crippen molar-refractivity contribution in [3.8, 4) is 0 Å². The number of aryl methyl sites for hydroxylation is 1. The van der Waals surface area contributed by atoms with Gasteiger partial charge >= 0.3 is 6.03 Å². The standard InChI is InChI=1S/C18H14ClN3O3S2/c19-13-9-4-1-2-6-11(9)26-14(13)16(24)21-17-12(15(23)22-18(20)25)8-5-3-7-10(8)27-17/h1-2,4,6H,3,5,7H2,(H,21,24)(H3,20,22,23,25). The number of anilines is 1. The third kappa shape index (κ3) is 3.20. The molecule has 0 radical (unpaired) electrons. The molecule has 1 aromatic carbocycles. The van der Waals surface area contributed by atoms with Gasteiger partial charge in [0.2, 0.25) is 0 Å². The van der Waals surface area contributed by atoms with E-state index in [1.54, 1.807) is 0 Å². The van der Waals surface area contributed by atoms with Crippen LogP contribution in [0, 0.1) is 0 Å². The lowest BCUT2D eigenvalue weighted by atomic mass is 10.1. The highest BCUT2D eigenvalue weighted by molar-refractivity contribution is 7.22. The van der Waals surface area contributed by atoms with E-state index in [2.05, 4.69) is 10.6 Å². The first kappa shape index (κ1) is 18.0. The highest BCUT2D eigenvalue weighted by Crippen LogP contribution is 2.40. The minimum absolute atomic E-state index is 0.317. The van der Waals surface area contributed by atoms with E-state index in [-0.39, 0.29) is 5.91 Å². The molecule has 0 spiro atoms. The van der Waals surface area contributed by atoms with Crippen molar-refractivity contribution < 1.29 is 14.4 Å². The van der Waals surface area contributed by atoms with Crippen LogP contribution in [0.15, 0.2) is 24.3 Å². The summed E-state index contributed by atoms with van der Waals surface area (Å²) in [5.74, 6) is -0.978. The first-order chi connectivity index (χ1) is 13.0. The summed E-state index contributed by atoms with van der Waals surface area (Å²) in [6, 6.07) is 6.57. The Hall–Kier alpha value is -2.42. The van der Waals surface area contributed by atoms with Crippen LogP contribution < -0.4 is 16.4 Å². The number of amides is 4. The van der Waals surface area contributed by atoms with Gasteiger partial charge in [-0.1, -0.05) is 29.8 Å². The van der Waals surface area contributed by atoms with Crippen molar-refractivity contribution in [3.05, 3.63) is 50.2 Å². The van der Waals surface area contributed by atoms with E-state index in [4.69, 9.17) is 17.3 Å². The van der Waals surface area contributed by atoms with Crippen molar-refractivity contribution in [2.24, 2.45) is 5.73 Å². The van der Waals surface area contributed by atoms with Gasteiger partial charge < -0.3 is 11.1 Å². The zero-order chi connectivity index (χ0) is 19.1. The molecule has 0 fully saturated rings. The fraction of sp³-hybridized carbons (Fsp3) is 0.167. The molecule has 1 aliphatic carbocycles. The number of rotatable bonds is 3. The Labute approximate surface area is 167 Å². The number of carbonyl (C=O) groups excluding carboxylic acids is 3. The number of urea groups is 1. The van der Waals surface area contributed by atoms with E-state index in [1.165, 1.54) is 22.7 Å². The molecular weight excluding hydrogens is 406 g/mol. The second kappa shape index (κ2) is 6.95. The molecule has 4 rings (SSSR count). The monoisotopic (exact) mass is 419 g/mol. The molecule has 6 nitrogen and oxygen atoms in total. The quantitative estimate of drug-likeness (QED) is 0.593. The Kier molecular flexibility index (Phi) is 4.63. The van der Waals surface area contributed by atoms with Gasteiger partial charge in [-0.05, 0) is 30.9 Å². The summed E-state index contributed by atoms with van der Waals surface area (Å²) < 4.78 is 0.910. The smallest absolute Gasteiger partial charge is 0.319 e. The van der Waals surface area contributed by atoms with Crippen molar-refractivity contribution in [2.45, 2.75) is 19.3 Å². The largest absolute Gasteiger partial charge is 0.351 e. The first-order valence-electron chi connectivity index (χ1n) is 8.19. The average molecular weight is 420 g/mol. The van der Waals surface area contributed by atoms with Crippen LogP contribution in [-0.4, -0.2) is 17.8 Å². The predicted octanol–water partition coefficient (Wildman–Crippen LogP) is 4.17. The topological polar surface area (TPSA) is 101 Å². The lowest BCUT2D eigenvalue weighted by Gasteiger charge is -2.07. The Morgan fingerprint density at radius 2 is 1.85 bits per heavy atom. The van der Waals surface area contributed by atoms with E-state index in [1.807, 2.05) is 24.3 Å². The third-order valence-corrected chi connectivity index (χ3v) is 7.23. The van der Waals surface area contributed by atoms with Crippen molar-refractivity contribution in [2.75, 3.05) is 5.32 Å². The number of nitrogens with two attached hydrogens (primary N) is 1. The average Bonchev–Trinajstić information content (AvgIpc) is 3.27. The Balaban J connectivity index is 1.69. The number of hydrogen-bond donors (Lipinski definition) is 3. The number of fused-ring (bicyclic) bond motifs is 2. The van der Waals surface area contributed by atoms with Gasteiger partial charge in [0.1, 0.15) is 9.88 Å². The van der Waals surface area contributed by atoms with Crippen LogP contribution >= 0.6 is 34.3 Å². The van der Waals surface area contributed by atoms with E-state index < -0.39 is 11.9 Å².